The molecule has 1 aliphatic rings. The topological polar surface area (TPSA) is 43.4 Å². The minimum absolute atomic E-state index is 0.184. The van der Waals surface area contributed by atoms with Gasteiger partial charge in [0, 0.05) is 25.1 Å². The van der Waals surface area contributed by atoms with Crippen LogP contribution in [0.2, 0.25) is 0 Å². The lowest BCUT2D eigenvalue weighted by molar-refractivity contribution is 0.0163. The monoisotopic (exact) mass is 284 g/mol. The standard InChI is InChI=1S/C14H24N2O2S/c1-4-7-15-9-12-11(10-17-3)16-13(19-12)14(2)6-5-8-18-14/h15H,4-10H2,1-3H3. The molecule has 1 aromatic rings. The van der Waals surface area contributed by atoms with Crippen molar-refractivity contribution < 1.29 is 9.47 Å². The molecule has 0 aliphatic carbocycles. The van der Waals surface area contributed by atoms with E-state index >= 15 is 0 Å². The van der Waals surface area contributed by atoms with Gasteiger partial charge in [0.25, 0.3) is 0 Å². The maximum absolute atomic E-state index is 5.89. The Labute approximate surface area is 119 Å². The second-order valence-corrected chi connectivity index (χ2v) is 6.27. The average Bonchev–Trinajstić information content (AvgIpc) is 2.99. The van der Waals surface area contributed by atoms with Crippen LogP contribution in [0.1, 0.15) is 48.7 Å². The summed E-state index contributed by atoms with van der Waals surface area (Å²) in [6, 6.07) is 0. The zero-order valence-electron chi connectivity index (χ0n) is 12.1. The van der Waals surface area contributed by atoms with Gasteiger partial charge < -0.3 is 14.8 Å². The highest BCUT2D eigenvalue weighted by Crippen LogP contribution is 2.38. The van der Waals surface area contributed by atoms with Crippen molar-refractivity contribution in [1.29, 1.82) is 0 Å². The van der Waals surface area contributed by atoms with E-state index in [1.807, 2.05) is 0 Å². The number of rotatable bonds is 7. The molecular formula is C14H24N2O2S. The predicted molar refractivity (Wildman–Crippen MR) is 77.4 cm³/mol. The third kappa shape index (κ3) is 3.54. The normalized spacial score (nSPS) is 23.1. The molecule has 0 saturated carbocycles. The fraction of sp³-hybridized carbons (Fsp3) is 0.786. The number of hydrogen-bond donors (Lipinski definition) is 1. The Morgan fingerprint density at radius 3 is 3.00 bits per heavy atom. The van der Waals surface area contributed by atoms with Crippen molar-refractivity contribution in [1.82, 2.24) is 10.3 Å². The van der Waals surface area contributed by atoms with Crippen LogP contribution in [0.15, 0.2) is 0 Å². The van der Waals surface area contributed by atoms with Crippen molar-refractivity contribution in [3.8, 4) is 0 Å². The molecule has 2 rings (SSSR count). The number of nitrogens with one attached hydrogen (secondary N) is 1. The molecule has 1 aliphatic heterocycles. The summed E-state index contributed by atoms with van der Waals surface area (Å²) >= 11 is 1.77. The van der Waals surface area contributed by atoms with Gasteiger partial charge in [-0.25, -0.2) is 4.98 Å². The van der Waals surface area contributed by atoms with Gasteiger partial charge in [0.15, 0.2) is 0 Å². The second kappa shape index (κ2) is 6.79. The van der Waals surface area contributed by atoms with E-state index in [2.05, 4.69) is 19.2 Å². The highest BCUT2D eigenvalue weighted by Gasteiger charge is 2.35. The van der Waals surface area contributed by atoms with Crippen LogP contribution in [0.4, 0.5) is 0 Å². The number of hydrogen-bond acceptors (Lipinski definition) is 5. The van der Waals surface area contributed by atoms with Gasteiger partial charge in [-0.3, -0.25) is 0 Å². The molecule has 0 radical (unpaired) electrons. The third-order valence-corrected chi connectivity index (χ3v) is 4.79. The van der Waals surface area contributed by atoms with Crippen molar-refractivity contribution in [2.24, 2.45) is 0 Å². The van der Waals surface area contributed by atoms with Crippen LogP contribution in [0.5, 0.6) is 0 Å². The van der Waals surface area contributed by atoms with E-state index in [1.165, 1.54) is 4.88 Å². The molecule has 1 N–H and O–H groups in total. The van der Waals surface area contributed by atoms with Gasteiger partial charge in [-0.2, -0.15) is 0 Å². The van der Waals surface area contributed by atoms with Crippen LogP contribution < -0.4 is 5.32 Å². The minimum atomic E-state index is -0.184. The first-order valence-corrected chi connectivity index (χ1v) is 7.84. The Hall–Kier alpha value is -0.490. The summed E-state index contributed by atoms with van der Waals surface area (Å²) in [5.41, 5.74) is 0.874. The highest BCUT2D eigenvalue weighted by atomic mass is 32.1. The van der Waals surface area contributed by atoms with Gasteiger partial charge in [-0.1, -0.05) is 6.92 Å². The van der Waals surface area contributed by atoms with Crippen molar-refractivity contribution >= 4 is 11.3 Å². The average molecular weight is 284 g/mol. The van der Waals surface area contributed by atoms with Crippen LogP contribution in [-0.2, 0) is 28.2 Å². The summed E-state index contributed by atoms with van der Waals surface area (Å²) in [5.74, 6) is 0. The summed E-state index contributed by atoms with van der Waals surface area (Å²) in [7, 11) is 1.72. The minimum Gasteiger partial charge on any atom is -0.378 e. The molecule has 2 heterocycles. The number of nitrogens with zero attached hydrogens (tertiary/aromatic N) is 1. The fourth-order valence-electron chi connectivity index (χ4n) is 2.32. The molecule has 0 aromatic carbocycles. The molecule has 1 fully saturated rings. The first kappa shape index (κ1) is 14.9. The van der Waals surface area contributed by atoms with Crippen LogP contribution in [0.25, 0.3) is 0 Å². The van der Waals surface area contributed by atoms with Crippen LogP contribution >= 0.6 is 11.3 Å². The number of aromatic nitrogens is 1. The van der Waals surface area contributed by atoms with E-state index in [0.717, 1.165) is 49.7 Å². The van der Waals surface area contributed by atoms with E-state index in [0.29, 0.717) is 6.61 Å². The predicted octanol–water partition coefficient (Wildman–Crippen LogP) is 2.81. The Morgan fingerprint density at radius 1 is 1.53 bits per heavy atom. The lowest BCUT2D eigenvalue weighted by Gasteiger charge is -2.19. The van der Waals surface area contributed by atoms with Crippen molar-refractivity contribution in [2.75, 3.05) is 20.3 Å². The maximum atomic E-state index is 5.89. The molecule has 5 heteroatoms. The summed E-state index contributed by atoms with van der Waals surface area (Å²) in [5, 5.41) is 4.54. The molecule has 0 spiro atoms. The molecule has 0 bridgehead atoms. The molecule has 108 valence electrons. The van der Waals surface area contributed by atoms with Crippen LogP contribution in [0, 0.1) is 0 Å². The van der Waals surface area contributed by atoms with E-state index < -0.39 is 0 Å². The number of ether oxygens (including phenoxy) is 2. The van der Waals surface area contributed by atoms with Gasteiger partial charge in [0.05, 0.1) is 12.3 Å². The Kier molecular flexibility index (Phi) is 5.33. The van der Waals surface area contributed by atoms with Crippen molar-refractivity contribution in [3.63, 3.8) is 0 Å². The second-order valence-electron chi connectivity index (χ2n) is 5.18. The van der Waals surface area contributed by atoms with Gasteiger partial charge in [0.2, 0.25) is 0 Å². The molecule has 0 amide bonds. The SMILES string of the molecule is CCCNCc1sc(C2(C)CCCO2)nc1COC. The fourth-order valence-corrected chi connectivity index (χ4v) is 3.49. The zero-order chi connectivity index (χ0) is 13.7. The van der Waals surface area contributed by atoms with E-state index in [1.54, 1.807) is 18.4 Å². The zero-order valence-corrected chi connectivity index (χ0v) is 12.9. The van der Waals surface area contributed by atoms with E-state index in [4.69, 9.17) is 14.5 Å². The van der Waals surface area contributed by atoms with Gasteiger partial charge in [-0.15, -0.1) is 11.3 Å². The lowest BCUT2D eigenvalue weighted by Crippen LogP contribution is -2.19. The van der Waals surface area contributed by atoms with Crippen molar-refractivity contribution in [3.05, 3.63) is 15.6 Å². The van der Waals surface area contributed by atoms with Gasteiger partial charge >= 0.3 is 0 Å². The summed E-state index contributed by atoms with van der Waals surface area (Å²) in [6.45, 7) is 7.66. The van der Waals surface area contributed by atoms with Crippen LogP contribution in [-0.4, -0.2) is 25.2 Å². The quantitative estimate of drug-likeness (QED) is 0.782. The summed E-state index contributed by atoms with van der Waals surface area (Å²) in [6.07, 6.45) is 3.33. The van der Waals surface area contributed by atoms with Gasteiger partial charge in [0.1, 0.15) is 10.6 Å². The molecule has 19 heavy (non-hydrogen) atoms. The third-order valence-electron chi connectivity index (χ3n) is 3.44. The Morgan fingerprint density at radius 2 is 2.37 bits per heavy atom. The Balaban J connectivity index is 2.14. The van der Waals surface area contributed by atoms with Crippen LogP contribution in [0.3, 0.4) is 0 Å². The molecule has 4 nitrogen and oxygen atoms in total. The number of thiazole rings is 1. The molecule has 1 unspecified atom stereocenters. The largest absolute Gasteiger partial charge is 0.378 e. The molecule has 1 atom stereocenters. The van der Waals surface area contributed by atoms with E-state index in [-0.39, 0.29) is 5.60 Å². The maximum Gasteiger partial charge on any atom is 0.125 e. The lowest BCUT2D eigenvalue weighted by atomic mass is 10.0. The first-order valence-electron chi connectivity index (χ1n) is 7.02. The number of methoxy groups -OCH3 is 1. The molecular weight excluding hydrogens is 260 g/mol. The summed E-state index contributed by atoms with van der Waals surface area (Å²) in [4.78, 5) is 6.04. The smallest absolute Gasteiger partial charge is 0.125 e. The summed E-state index contributed by atoms with van der Waals surface area (Å²) < 4.78 is 11.1. The van der Waals surface area contributed by atoms with E-state index in [9.17, 15) is 0 Å². The first-order chi connectivity index (χ1) is 9.19. The van der Waals surface area contributed by atoms with Gasteiger partial charge in [-0.05, 0) is 32.7 Å². The molecule has 1 aromatic heterocycles. The van der Waals surface area contributed by atoms with Crippen molar-refractivity contribution in [2.45, 2.75) is 51.9 Å². The molecule has 1 saturated heterocycles. The highest BCUT2D eigenvalue weighted by molar-refractivity contribution is 7.11. The Bertz CT molecular complexity index is 400.